The molecule has 0 spiro atoms. The summed E-state index contributed by atoms with van der Waals surface area (Å²) in [6.07, 6.45) is 0. The molecule has 1 atom stereocenters. The lowest BCUT2D eigenvalue weighted by Crippen LogP contribution is -2.17. The molecular formula is C13H17N3S. The highest BCUT2D eigenvalue weighted by Crippen LogP contribution is 2.26. The number of rotatable bonds is 4. The third-order valence-corrected chi connectivity index (χ3v) is 3.74. The second-order valence-electron chi connectivity index (χ2n) is 4.09. The summed E-state index contributed by atoms with van der Waals surface area (Å²) in [7, 11) is 0. The summed E-state index contributed by atoms with van der Waals surface area (Å²) in [6.45, 7) is 7.25. The average Bonchev–Trinajstić information content (AvgIpc) is 2.78. The Bertz CT molecular complexity index is 493. The molecule has 0 aliphatic rings. The number of aryl methyl sites for hydroxylation is 1. The zero-order valence-electron chi connectivity index (χ0n) is 10.4. The maximum absolute atomic E-state index is 4.26. The number of aromatic nitrogens is 2. The quantitative estimate of drug-likeness (QED) is 0.901. The van der Waals surface area contributed by atoms with Crippen LogP contribution in [0.2, 0.25) is 0 Å². The first-order valence-corrected chi connectivity index (χ1v) is 6.66. The van der Waals surface area contributed by atoms with Crippen LogP contribution in [0.25, 0.3) is 10.6 Å². The van der Waals surface area contributed by atoms with Crippen molar-refractivity contribution in [1.29, 1.82) is 0 Å². The van der Waals surface area contributed by atoms with E-state index in [1.165, 1.54) is 5.56 Å². The van der Waals surface area contributed by atoms with Gasteiger partial charge in [-0.15, -0.1) is 10.2 Å². The standard InChI is InChI=1S/C13H17N3S/c1-4-14-10(3)12-15-16-13(17-12)11-7-5-6-9(2)8-11/h5-8,10,14H,4H2,1-3H3. The van der Waals surface area contributed by atoms with Crippen molar-refractivity contribution in [2.75, 3.05) is 6.54 Å². The fourth-order valence-corrected chi connectivity index (χ4v) is 2.56. The fraction of sp³-hybridized carbons (Fsp3) is 0.385. The summed E-state index contributed by atoms with van der Waals surface area (Å²) >= 11 is 1.66. The molecule has 4 heteroatoms. The van der Waals surface area contributed by atoms with Crippen molar-refractivity contribution in [1.82, 2.24) is 15.5 Å². The molecule has 0 radical (unpaired) electrons. The molecule has 0 bridgehead atoms. The van der Waals surface area contributed by atoms with E-state index in [-0.39, 0.29) is 6.04 Å². The molecule has 0 saturated heterocycles. The van der Waals surface area contributed by atoms with Gasteiger partial charge in [-0.05, 0) is 26.5 Å². The van der Waals surface area contributed by atoms with Gasteiger partial charge in [0.1, 0.15) is 10.0 Å². The topological polar surface area (TPSA) is 37.8 Å². The number of hydrogen-bond donors (Lipinski definition) is 1. The molecule has 2 rings (SSSR count). The maximum atomic E-state index is 4.26. The first-order chi connectivity index (χ1) is 8.20. The Balaban J connectivity index is 2.23. The highest BCUT2D eigenvalue weighted by molar-refractivity contribution is 7.14. The van der Waals surface area contributed by atoms with E-state index in [2.05, 4.69) is 60.6 Å². The van der Waals surface area contributed by atoms with Crippen LogP contribution < -0.4 is 5.32 Å². The van der Waals surface area contributed by atoms with E-state index in [0.29, 0.717) is 0 Å². The van der Waals surface area contributed by atoms with Gasteiger partial charge in [0.2, 0.25) is 0 Å². The van der Waals surface area contributed by atoms with E-state index in [9.17, 15) is 0 Å². The molecule has 1 heterocycles. The molecule has 1 aromatic carbocycles. The van der Waals surface area contributed by atoms with Crippen LogP contribution in [0.3, 0.4) is 0 Å². The predicted molar refractivity (Wildman–Crippen MR) is 72.2 cm³/mol. The SMILES string of the molecule is CCNC(C)c1nnc(-c2cccc(C)c2)s1. The molecule has 1 N–H and O–H groups in total. The molecule has 1 unspecified atom stereocenters. The van der Waals surface area contributed by atoms with Crippen molar-refractivity contribution in [2.24, 2.45) is 0 Å². The Morgan fingerprint density at radius 3 is 2.88 bits per heavy atom. The molecule has 3 nitrogen and oxygen atoms in total. The van der Waals surface area contributed by atoms with E-state index >= 15 is 0 Å². The minimum Gasteiger partial charge on any atom is -0.308 e. The lowest BCUT2D eigenvalue weighted by Gasteiger charge is -2.06. The molecule has 17 heavy (non-hydrogen) atoms. The molecule has 0 fully saturated rings. The Morgan fingerprint density at radius 1 is 1.35 bits per heavy atom. The van der Waals surface area contributed by atoms with E-state index in [1.54, 1.807) is 11.3 Å². The van der Waals surface area contributed by atoms with Gasteiger partial charge in [0.15, 0.2) is 0 Å². The summed E-state index contributed by atoms with van der Waals surface area (Å²) in [4.78, 5) is 0. The largest absolute Gasteiger partial charge is 0.308 e. The number of benzene rings is 1. The van der Waals surface area contributed by atoms with Crippen LogP contribution in [0.5, 0.6) is 0 Å². The van der Waals surface area contributed by atoms with Gasteiger partial charge in [0.25, 0.3) is 0 Å². The van der Waals surface area contributed by atoms with E-state index < -0.39 is 0 Å². The fourth-order valence-electron chi connectivity index (χ4n) is 1.70. The number of nitrogens with zero attached hydrogens (tertiary/aromatic N) is 2. The zero-order valence-corrected chi connectivity index (χ0v) is 11.2. The van der Waals surface area contributed by atoms with Crippen molar-refractivity contribution < 1.29 is 0 Å². The Morgan fingerprint density at radius 2 is 2.18 bits per heavy atom. The van der Waals surface area contributed by atoms with Crippen LogP contribution in [0.4, 0.5) is 0 Å². The Labute approximate surface area is 106 Å². The average molecular weight is 247 g/mol. The molecule has 0 saturated carbocycles. The molecule has 90 valence electrons. The summed E-state index contributed by atoms with van der Waals surface area (Å²) < 4.78 is 0. The molecule has 0 amide bonds. The minimum atomic E-state index is 0.274. The zero-order chi connectivity index (χ0) is 12.3. The van der Waals surface area contributed by atoms with Crippen molar-refractivity contribution in [3.05, 3.63) is 34.8 Å². The van der Waals surface area contributed by atoms with Gasteiger partial charge < -0.3 is 5.32 Å². The predicted octanol–water partition coefficient (Wildman–Crippen LogP) is 3.18. The Hall–Kier alpha value is -1.26. The van der Waals surface area contributed by atoms with Crippen molar-refractivity contribution in [2.45, 2.75) is 26.8 Å². The smallest absolute Gasteiger partial charge is 0.147 e. The monoisotopic (exact) mass is 247 g/mol. The van der Waals surface area contributed by atoms with E-state index in [1.807, 2.05) is 0 Å². The summed E-state index contributed by atoms with van der Waals surface area (Å²) in [5.74, 6) is 0. The van der Waals surface area contributed by atoms with Crippen LogP contribution in [-0.2, 0) is 0 Å². The van der Waals surface area contributed by atoms with Crippen LogP contribution in [-0.4, -0.2) is 16.7 Å². The molecular weight excluding hydrogens is 230 g/mol. The minimum absolute atomic E-state index is 0.274. The van der Waals surface area contributed by atoms with Crippen molar-refractivity contribution in [3.8, 4) is 10.6 Å². The molecule has 1 aromatic heterocycles. The third kappa shape index (κ3) is 2.90. The van der Waals surface area contributed by atoms with Crippen LogP contribution in [0.1, 0.15) is 30.5 Å². The van der Waals surface area contributed by atoms with Crippen LogP contribution in [0, 0.1) is 6.92 Å². The summed E-state index contributed by atoms with van der Waals surface area (Å²) in [6, 6.07) is 8.64. The lowest BCUT2D eigenvalue weighted by atomic mass is 10.1. The van der Waals surface area contributed by atoms with Crippen LogP contribution >= 0.6 is 11.3 Å². The maximum Gasteiger partial charge on any atom is 0.147 e. The first kappa shape index (κ1) is 12.2. The van der Waals surface area contributed by atoms with Gasteiger partial charge in [-0.3, -0.25) is 0 Å². The molecule has 0 aliphatic heterocycles. The van der Waals surface area contributed by atoms with Crippen molar-refractivity contribution in [3.63, 3.8) is 0 Å². The highest BCUT2D eigenvalue weighted by atomic mass is 32.1. The van der Waals surface area contributed by atoms with Gasteiger partial charge >= 0.3 is 0 Å². The molecule has 2 aromatic rings. The third-order valence-electron chi connectivity index (χ3n) is 2.59. The number of hydrogen-bond acceptors (Lipinski definition) is 4. The van der Waals surface area contributed by atoms with Gasteiger partial charge in [-0.2, -0.15) is 0 Å². The van der Waals surface area contributed by atoms with E-state index in [0.717, 1.165) is 22.1 Å². The first-order valence-electron chi connectivity index (χ1n) is 5.84. The van der Waals surface area contributed by atoms with Gasteiger partial charge in [0, 0.05) is 5.56 Å². The second kappa shape index (κ2) is 5.38. The summed E-state index contributed by atoms with van der Waals surface area (Å²) in [5.41, 5.74) is 2.40. The van der Waals surface area contributed by atoms with Crippen LogP contribution in [0.15, 0.2) is 24.3 Å². The number of nitrogens with one attached hydrogen (secondary N) is 1. The normalized spacial score (nSPS) is 12.6. The summed E-state index contributed by atoms with van der Waals surface area (Å²) in [5, 5.41) is 13.9. The van der Waals surface area contributed by atoms with Crippen molar-refractivity contribution >= 4 is 11.3 Å². The van der Waals surface area contributed by atoms with Gasteiger partial charge in [-0.1, -0.05) is 42.0 Å². The lowest BCUT2D eigenvalue weighted by molar-refractivity contribution is 0.590. The highest BCUT2D eigenvalue weighted by Gasteiger charge is 2.11. The van der Waals surface area contributed by atoms with E-state index in [4.69, 9.17) is 0 Å². The second-order valence-corrected chi connectivity index (χ2v) is 5.10. The molecule has 0 aliphatic carbocycles. The Kier molecular flexibility index (Phi) is 3.86. The van der Waals surface area contributed by atoms with Gasteiger partial charge in [-0.25, -0.2) is 0 Å². The van der Waals surface area contributed by atoms with Gasteiger partial charge in [0.05, 0.1) is 6.04 Å².